The second kappa shape index (κ2) is 5.82. The van der Waals surface area contributed by atoms with Gasteiger partial charge < -0.3 is 14.8 Å². The molecule has 2 heterocycles. The van der Waals surface area contributed by atoms with Crippen molar-refractivity contribution in [2.45, 2.75) is 32.4 Å². The minimum atomic E-state index is 0.257. The zero-order valence-corrected chi connectivity index (χ0v) is 10.3. The number of aryl methyl sites for hydroxylation is 1. The number of amides is 1. The minimum Gasteiger partial charge on any atom is -0.337 e. The molecule has 1 N–H and O–H groups in total. The first-order valence-corrected chi connectivity index (χ1v) is 6.27. The smallest absolute Gasteiger partial charge is 0.224 e. The van der Waals surface area contributed by atoms with Gasteiger partial charge in [0.1, 0.15) is 0 Å². The number of hydrogen-bond acceptors (Lipinski definition) is 3. The molecule has 0 saturated carbocycles. The fourth-order valence-corrected chi connectivity index (χ4v) is 2.03. The van der Waals surface area contributed by atoms with E-state index in [4.69, 9.17) is 0 Å². The minimum absolute atomic E-state index is 0.257. The Bertz CT molecular complexity index is 345. The predicted molar refractivity (Wildman–Crippen MR) is 65.5 cm³/mol. The largest absolute Gasteiger partial charge is 0.337 e. The van der Waals surface area contributed by atoms with Crippen LogP contribution in [0.15, 0.2) is 18.7 Å². The van der Waals surface area contributed by atoms with E-state index in [1.165, 1.54) is 0 Å². The molecule has 17 heavy (non-hydrogen) atoms. The van der Waals surface area contributed by atoms with Gasteiger partial charge in [0.15, 0.2) is 0 Å². The zero-order chi connectivity index (χ0) is 12.1. The van der Waals surface area contributed by atoms with Gasteiger partial charge in [-0.15, -0.1) is 0 Å². The number of carbonyl (C=O) groups excluding carboxylic acids is 1. The van der Waals surface area contributed by atoms with Gasteiger partial charge in [-0.05, 0) is 6.42 Å². The summed E-state index contributed by atoms with van der Waals surface area (Å²) in [5.74, 6) is 0.257. The van der Waals surface area contributed by atoms with Crippen LogP contribution in [0.2, 0.25) is 0 Å². The molecular formula is C12H20N4O. The van der Waals surface area contributed by atoms with Gasteiger partial charge in [-0.3, -0.25) is 4.79 Å². The average molecular weight is 236 g/mol. The van der Waals surface area contributed by atoms with Gasteiger partial charge in [-0.25, -0.2) is 4.98 Å². The molecule has 0 aliphatic carbocycles. The summed E-state index contributed by atoms with van der Waals surface area (Å²) < 4.78 is 1.95. The van der Waals surface area contributed by atoms with Gasteiger partial charge in [-0.1, -0.05) is 6.92 Å². The van der Waals surface area contributed by atoms with Crippen molar-refractivity contribution in [3.05, 3.63) is 18.7 Å². The molecule has 1 aliphatic rings. The van der Waals surface area contributed by atoms with Crippen LogP contribution in [-0.4, -0.2) is 46.0 Å². The maximum atomic E-state index is 12.1. The fourth-order valence-electron chi connectivity index (χ4n) is 2.03. The van der Waals surface area contributed by atoms with Crippen molar-refractivity contribution in [3.63, 3.8) is 0 Å². The highest BCUT2D eigenvalue weighted by Gasteiger charge is 2.27. The topological polar surface area (TPSA) is 50.2 Å². The van der Waals surface area contributed by atoms with Gasteiger partial charge in [-0.2, -0.15) is 0 Å². The molecule has 1 fully saturated rings. The average Bonchev–Trinajstić information content (AvgIpc) is 2.75. The van der Waals surface area contributed by atoms with Crippen molar-refractivity contribution in [2.75, 3.05) is 19.6 Å². The van der Waals surface area contributed by atoms with Crippen LogP contribution in [0, 0.1) is 0 Å². The third kappa shape index (κ3) is 3.06. The summed E-state index contributed by atoms with van der Waals surface area (Å²) >= 11 is 0. The number of rotatable bonds is 6. The molecule has 0 radical (unpaired) electrons. The van der Waals surface area contributed by atoms with E-state index in [-0.39, 0.29) is 5.91 Å². The Balaban J connectivity index is 1.83. The van der Waals surface area contributed by atoms with Crippen molar-refractivity contribution in [1.82, 2.24) is 19.8 Å². The van der Waals surface area contributed by atoms with Crippen LogP contribution in [-0.2, 0) is 11.3 Å². The van der Waals surface area contributed by atoms with E-state index < -0.39 is 0 Å². The summed E-state index contributed by atoms with van der Waals surface area (Å²) in [6.45, 7) is 5.59. The van der Waals surface area contributed by atoms with Crippen LogP contribution in [0.4, 0.5) is 0 Å². The quantitative estimate of drug-likeness (QED) is 0.782. The molecule has 94 valence electrons. The highest BCUT2D eigenvalue weighted by atomic mass is 16.2. The molecular weight excluding hydrogens is 216 g/mol. The normalized spacial score (nSPS) is 15.6. The van der Waals surface area contributed by atoms with Crippen LogP contribution in [0.3, 0.4) is 0 Å². The Morgan fingerprint density at radius 3 is 2.94 bits per heavy atom. The molecule has 5 heteroatoms. The highest BCUT2D eigenvalue weighted by Crippen LogP contribution is 2.08. The number of nitrogens with one attached hydrogen (secondary N) is 1. The van der Waals surface area contributed by atoms with Crippen molar-refractivity contribution in [2.24, 2.45) is 0 Å². The maximum absolute atomic E-state index is 12.1. The second-order valence-electron chi connectivity index (χ2n) is 4.45. The van der Waals surface area contributed by atoms with E-state index in [0.29, 0.717) is 12.5 Å². The first-order valence-electron chi connectivity index (χ1n) is 6.27. The summed E-state index contributed by atoms with van der Waals surface area (Å²) in [6.07, 6.45) is 6.97. The molecule has 0 bridgehead atoms. The molecule has 0 aromatic carbocycles. The lowest BCUT2D eigenvalue weighted by Crippen LogP contribution is -2.59. The van der Waals surface area contributed by atoms with Gasteiger partial charge in [0.2, 0.25) is 5.91 Å². The third-order valence-electron chi connectivity index (χ3n) is 3.13. The lowest BCUT2D eigenvalue weighted by Gasteiger charge is -2.38. The van der Waals surface area contributed by atoms with Crippen LogP contribution in [0.25, 0.3) is 0 Å². The molecule has 1 saturated heterocycles. The molecule has 1 aromatic heterocycles. The summed E-state index contributed by atoms with van der Waals surface area (Å²) in [6, 6.07) is 0.408. The maximum Gasteiger partial charge on any atom is 0.224 e. The number of aromatic nitrogens is 2. The van der Waals surface area contributed by atoms with E-state index in [1.54, 1.807) is 12.5 Å². The van der Waals surface area contributed by atoms with E-state index in [0.717, 1.165) is 32.6 Å². The Hall–Kier alpha value is -1.36. The molecule has 0 atom stereocenters. The summed E-state index contributed by atoms with van der Waals surface area (Å²) in [7, 11) is 0. The van der Waals surface area contributed by atoms with E-state index in [2.05, 4.69) is 17.2 Å². The van der Waals surface area contributed by atoms with Crippen LogP contribution in [0.5, 0.6) is 0 Å². The molecule has 1 amide bonds. The van der Waals surface area contributed by atoms with Crippen LogP contribution >= 0.6 is 0 Å². The fraction of sp³-hybridized carbons (Fsp3) is 0.667. The molecule has 1 aromatic rings. The number of imidazole rings is 1. The lowest BCUT2D eigenvalue weighted by atomic mass is 10.1. The summed E-state index contributed by atoms with van der Waals surface area (Å²) in [4.78, 5) is 18.1. The molecule has 0 spiro atoms. The molecule has 0 unspecified atom stereocenters. The van der Waals surface area contributed by atoms with Crippen molar-refractivity contribution in [3.8, 4) is 0 Å². The number of nitrogens with zero attached hydrogens (tertiary/aromatic N) is 3. The predicted octanol–water partition coefficient (Wildman–Crippen LogP) is 0.484. The summed E-state index contributed by atoms with van der Waals surface area (Å²) in [5, 5.41) is 3.22. The number of carbonyl (C=O) groups is 1. The second-order valence-corrected chi connectivity index (χ2v) is 4.45. The van der Waals surface area contributed by atoms with Gasteiger partial charge in [0.25, 0.3) is 0 Å². The third-order valence-corrected chi connectivity index (χ3v) is 3.13. The van der Waals surface area contributed by atoms with E-state index >= 15 is 0 Å². The van der Waals surface area contributed by atoms with Gasteiger partial charge in [0.05, 0.1) is 12.4 Å². The Morgan fingerprint density at radius 2 is 2.41 bits per heavy atom. The summed E-state index contributed by atoms with van der Waals surface area (Å²) in [5.41, 5.74) is 0. The first kappa shape index (κ1) is 12.1. The van der Waals surface area contributed by atoms with E-state index in [1.807, 2.05) is 15.7 Å². The number of hydrogen-bond donors (Lipinski definition) is 1. The van der Waals surface area contributed by atoms with Crippen molar-refractivity contribution in [1.29, 1.82) is 0 Å². The Morgan fingerprint density at radius 1 is 1.59 bits per heavy atom. The standard InChI is InChI=1S/C12H20N4O/c1-2-5-16(11-8-14-9-11)12(17)3-6-15-7-4-13-10-15/h4,7,10-11,14H,2-3,5-6,8-9H2,1H3. The highest BCUT2D eigenvalue weighted by molar-refractivity contribution is 5.76. The zero-order valence-electron chi connectivity index (χ0n) is 10.3. The lowest BCUT2D eigenvalue weighted by molar-refractivity contribution is -0.134. The monoisotopic (exact) mass is 236 g/mol. The first-order chi connectivity index (χ1) is 8.31. The molecule has 1 aliphatic heterocycles. The van der Waals surface area contributed by atoms with Crippen LogP contribution < -0.4 is 5.32 Å². The van der Waals surface area contributed by atoms with Crippen molar-refractivity contribution >= 4 is 5.91 Å². The Kier molecular flexibility index (Phi) is 4.14. The SMILES string of the molecule is CCCN(C(=O)CCn1ccnc1)C1CNC1. The van der Waals surface area contributed by atoms with Crippen LogP contribution in [0.1, 0.15) is 19.8 Å². The van der Waals surface area contributed by atoms with Crippen molar-refractivity contribution < 1.29 is 4.79 Å². The van der Waals surface area contributed by atoms with E-state index in [9.17, 15) is 4.79 Å². The Labute approximate surface area is 102 Å². The van der Waals surface area contributed by atoms with Gasteiger partial charge >= 0.3 is 0 Å². The molecule has 5 nitrogen and oxygen atoms in total. The van der Waals surface area contributed by atoms with Gasteiger partial charge in [0, 0.05) is 45.0 Å². The molecule has 2 rings (SSSR count).